The zero-order chi connectivity index (χ0) is 16.5. The van der Waals surface area contributed by atoms with Crippen molar-refractivity contribution < 1.29 is 4.79 Å². The molecule has 6 nitrogen and oxygen atoms in total. The number of para-hydroxylation sites is 2. The number of carbonyl (C=O) groups is 1. The van der Waals surface area contributed by atoms with E-state index in [9.17, 15) is 9.59 Å². The molecular formula is C18H16N4O2. The van der Waals surface area contributed by atoms with E-state index < -0.39 is 5.69 Å². The Morgan fingerprint density at radius 1 is 1.04 bits per heavy atom. The highest BCUT2D eigenvalue weighted by atomic mass is 16.2. The van der Waals surface area contributed by atoms with Crippen molar-refractivity contribution in [1.82, 2.24) is 14.8 Å². The fourth-order valence-corrected chi connectivity index (χ4v) is 3.04. The summed E-state index contributed by atoms with van der Waals surface area (Å²) in [5.41, 5.74) is 2.23. The Morgan fingerprint density at radius 2 is 1.79 bits per heavy atom. The normalized spacial score (nSPS) is 13.6. The van der Waals surface area contributed by atoms with Gasteiger partial charge in [-0.1, -0.05) is 36.4 Å². The van der Waals surface area contributed by atoms with Crippen LogP contribution in [0.25, 0.3) is 5.69 Å². The average molecular weight is 320 g/mol. The number of carbonyl (C=O) groups excluding carboxylic acids is 1. The molecule has 6 heteroatoms. The molecular weight excluding hydrogens is 304 g/mol. The van der Waals surface area contributed by atoms with Crippen molar-refractivity contribution in [2.45, 2.75) is 12.8 Å². The lowest BCUT2D eigenvalue weighted by Crippen LogP contribution is -2.36. The van der Waals surface area contributed by atoms with Gasteiger partial charge in [-0.2, -0.15) is 4.68 Å². The summed E-state index contributed by atoms with van der Waals surface area (Å²) in [5, 5.41) is 4.19. The van der Waals surface area contributed by atoms with Gasteiger partial charge in [0, 0.05) is 12.2 Å². The van der Waals surface area contributed by atoms with E-state index in [1.54, 1.807) is 17.0 Å². The van der Waals surface area contributed by atoms with Crippen molar-refractivity contribution in [3.63, 3.8) is 0 Å². The van der Waals surface area contributed by atoms with Crippen molar-refractivity contribution in [3.8, 4) is 5.69 Å². The first-order valence-corrected chi connectivity index (χ1v) is 7.88. The highest BCUT2D eigenvalue weighted by molar-refractivity contribution is 6.04. The maximum atomic E-state index is 12.8. The first kappa shape index (κ1) is 14.4. The number of hydrogen-bond acceptors (Lipinski definition) is 3. The van der Waals surface area contributed by atoms with Crippen molar-refractivity contribution in [3.05, 3.63) is 76.5 Å². The van der Waals surface area contributed by atoms with Gasteiger partial charge in [0.05, 0.1) is 5.69 Å². The Bertz CT molecular complexity index is 943. The number of benzene rings is 2. The third-order valence-corrected chi connectivity index (χ3v) is 4.18. The number of hydrogen-bond donors (Lipinski definition) is 1. The second kappa shape index (κ2) is 5.81. The summed E-state index contributed by atoms with van der Waals surface area (Å²) < 4.78 is 1.21. The quantitative estimate of drug-likeness (QED) is 0.786. The van der Waals surface area contributed by atoms with Crippen LogP contribution in [0.1, 0.15) is 22.6 Å². The van der Waals surface area contributed by atoms with Gasteiger partial charge in [0.15, 0.2) is 0 Å². The molecule has 2 aromatic carbocycles. The number of nitrogens with zero attached hydrogens (tertiary/aromatic N) is 3. The van der Waals surface area contributed by atoms with Gasteiger partial charge < -0.3 is 4.90 Å². The molecule has 120 valence electrons. The van der Waals surface area contributed by atoms with E-state index in [0.29, 0.717) is 12.2 Å². The number of H-pyrrole nitrogens is 1. The van der Waals surface area contributed by atoms with Gasteiger partial charge in [0.2, 0.25) is 5.82 Å². The van der Waals surface area contributed by atoms with Crippen LogP contribution in [0.2, 0.25) is 0 Å². The fraction of sp³-hybridized carbons (Fsp3) is 0.167. The van der Waals surface area contributed by atoms with E-state index in [1.165, 1.54) is 4.68 Å². The van der Waals surface area contributed by atoms with Crippen LogP contribution in [0.5, 0.6) is 0 Å². The second-order valence-corrected chi connectivity index (χ2v) is 5.72. The number of aromatic amines is 1. The second-order valence-electron chi connectivity index (χ2n) is 5.72. The minimum absolute atomic E-state index is 0.0561. The van der Waals surface area contributed by atoms with Crippen molar-refractivity contribution in [1.29, 1.82) is 0 Å². The Hall–Kier alpha value is -3.15. The van der Waals surface area contributed by atoms with E-state index in [0.717, 1.165) is 24.1 Å². The predicted octanol–water partition coefficient (Wildman–Crippen LogP) is 2.15. The predicted molar refractivity (Wildman–Crippen MR) is 90.6 cm³/mol. The highest BCUT2D eigenvalue weighted by Crippen LogP contribution is 2.27. The lowest BCUT2D eigenvalue weighted by Gasteiger charge is -2.28. The zero-order valence-electron chi connectivity index (χ0n) is 13.0. The number of nitrogens with one attached hydrogen (secondary N) is 1. The van der Waals surface area contributed by atoms with Gasteiger partial charge in [0.25, 0.3) is 5.91 Å². The van der Waals surface area contributed by atoms with Crippen LogP contribution in [-0.4, -0.2) is 27.2 Å². The summed E-state index contributed by atoms with van der Waals surface area (Å²) in [5.74, 6) is -0.227. The standard InChI is InChI=1S/C18H16N4O2/c23-17(21-12-6-8-13-7-4-5-11-15(13)21)16-19-18(24)22(20-16)14-9-2-1-3-10-14/h1-5,7,9-11H,6,8,12H2,(H,19,20,24). The molecule has 0 atom stereocenters. The summed E-state index contributed by atoms with van der Waals surface area (Å²) in [6, 6.07) is 16.9. The molecule has 0 fully saturated rings. The molecule has 1 aromatic heterocycles. The number of aromatic nitrogens is 3. The number of fused-ring (bicyclic) bond motifs is 1. The summed E-state index contributed by atoms with van der Waals surface area (Å²) in [6.07, 6.45) is 1.85. The summed E-state index contributed by atoms with van der Waals surface area (Å²) in [4.78, 5) is 29.2. The van der Waals surface area contributed by atoms with Gasteiger partial charge in [-0.25, -0.2) is 4.79 Å². The summed E-state index contributed by atoms with van der Waals surface area (Å²) in [7, 11) is 0. The van der Waals surface area contributed by atoms with E-state index in [4.69, 9.17) is 0 Å². The monoisotopic (exact) mass is 320 g/mol. The molecule has 24 heavy (non-hydrogen) atoms. The number of amides is 1. The fourth-order valence-electron chi connectivity index (χ4n) is 3.04. The Balaban J connectivity index is 1.71. The maximum Gasteiger partial charge on any atom is 0.348 e. The summed E-state index contributed by atoms with van der Waals surface area (Å²) >= 11 is 0. The van der Waals surface area contributed by atoms with Crippen LogP contribution < -0.4 is 10.6 Å². The Kier molecular flexibility index (Phi) is 3.49. The van der Waals surface area contributed by atoms with E-state index in [-0.39, 0.29) is 11.7 Å². The Labute approximate surface area is 138 Å². The third-order valence-electron chi connectivity index (χ3n) is 4.18. The Morgan fingerprint density at radius 3 is 2.62 bits per heavy atom. The molecule has 1 aliphatic heterocycles. The van der Waals surface area contributed by atoms with Crippen LogP contribution in [-0.2, 0) is 6.42 Å². The van der Waals surface area contributed by atoms with Crippen LogP contribution in [0, 0.1) is 0 Å². The zero-order valence-corrected chi connectivity index (χ0v) is 13.0. The van der Waals surface area contributed by atoms with E-state index >= 15 is 0 Å². The van der Waals surface area contributed by atoms with Gasteiger partial charge in [-0.05, 0) is 36.6 Å². The number of aryl methyl sites for hydroxylation is 1. The molecule has 1 N–H and O–H groups in total. The van der Waals surface area contributed by atoms with Gasteiger partial charge in [-0.15, -0.1) is 5.10 Å². The molecule has 0 unspecified atom stereocenters. The molecule has 4 rings (SSSR count). The number of rotatable bonds is 2. The van der Waals surface area contributed by atoms with Crippen molar-refractivity contribution in [2.75, 3.05) is 11.4 Å². The SMILES string of the molecule is O=C(c1nn(-c2ccccc2)c(=O)[nH]1)N1CCCc2ccccc21. The molecule has 1 amide bonds. The minimum Gasteiger partial charge on any atom is -0.305 e. The smallest absolute Gasteiger partial charge is 0.305 e. The van der Waals surface area contributed by atoms with Gasteiger partial charge >= 0.3 is 5.69 Å². The first-order valence-electron chi connectivity index (χ1n) is 7.88. The van der Waals surface area contributed by atoms with Crippen LogP contribution in [0.15, 0.2) is 59.4 Å². The van der Waals surface area contributed by atoms with Crippen LogP contribution in [0.3, 0.4) is 0 Å². The van der Waals surface area contributed by atoms with E-state index in [1.807, 2.05) is 42.5 Å². The number of anilines is 1. The van der Waals surface area contributed by atoms with Gasteiger partial charge in [-0.3, -0.25) is 9.78 Å². The molecule has 0 radical (unpaired) electrons. The molecule has 0 saturated heterocycles. The minimum atomic E-state index is -0.421. The molecule has 0 bridgehead atoms. The van der Waals surface area contributed by atoms with Crippen LogP contribution >= 0.6 is 0 Å². The molecule has 0 aliphatic carbocycles. The van der Waals surface area contributed by atoms with Crippen molar-refractivity contribution in [2.24, 2.45) is 0 Å². The average Bonchev–Trinajstić information content (AvgIpc) is 3.03. The third kappa shape index (κ3) is 2.42. The first-order chi connectivity index (χ1) is 11.7. The largest absolute Gasteiger partial charge is 0.348 e. The molecule has 1 aliphatic rings. The van der Waals surface area contributed by atoms with Gasteiger partial charge in [0.1, 0.15) is 0 Å². The van der Waals surface area contributed by atoms with E-state index in [2.05, 4.69) is 10.1 Å². The lowest BCUT2D eigenvalue weighted by atomic mass is 10.0. The van der Waals surface area contributed by atoms with Crippen LogP contribution in [0.4, 0.5) is 5.69 Å². The molecule has 0 saturated carbocycles. The topological polar surface area (TPSA) is 71.0 Å². The molecule has 2 heterocycles. The molecule has 0 spiro atoms. The maximum absolute atomic E-state index is 12.8. The lowest BCUT2D eigenvalue weighted by molar-refractivity contribution is 0.0975. The van der Waals surface area contributed by atoms with Crippen molar-refractivity contribution >= 4 is 11.6 Å². The highest BCUT2D eigenvalue weighted by Gasteiger charge is 2.26. The molecule has 3 aromatic rings. The summed E-state index contributed by atoms with van der Waals surface area (Å²) in [6.45, 7) is 0.621.